The second kappa shape index (κ2) is 9.87. The van der Waals surface area contributed by atoms with Crippen LogP contribution >= 0.6 is 12.4 Å². The third kappa shape index (κ3) is 6.30. The summed E-state index contributed by atoms with van der Waals surface area (Å²) in [7, 11) is 0. The van der Waals surface area contributed by atoms with Crippen molar-refractivity contribution in [1.29, 1.82) is 0 Å². The van der Waals surface area contributed by atoms with Crippen LogP contribution < -0.4 is 15.8 Å². The van der Waals surface area contributed by atoms with Gasteiger partial charge in [-0.25, -0.2) is 0 Å². The average Bonchev–Trinajstić information content (AvgIpc) is 2.52. The highest BCUT2D eigenvalue weighted by Crippen LogP contribution is 2.19. The first-order valence-electron chi connectivity index (χ1n) is 7.46. The number of carbonyl (C=O) groups is 1. The van der Waals surface area contributed by atoms with Crippen LogP contribution in [0.15, 0.2) is 48.5 Å². The number of nitrogens with one attached hydrogen (secondary N) is 1. The van der Waals surface area contributed by atoms with E-state index in [0.717, 1.165) is 17.0 Å². The minimum absolute atomic E-state index is 0. The van der Waals surface area contributed by atoms with Crippen LogP contribution in [0.5, 0.6) is 5.75 Å². The molecule has 0 unspecified atom stereocenters. The maximum atomic E-state index is 11.7. The fourth-order valence-electron chi connectivity index (χ4n) is 2.08. The molecule has 0 saturated carbocycles. The Bertz CT molecular complexity index is 632. The van der Waals surface area contributed by atoms with Gasteiger partial charge in [-0.05, 0) is 43.1 Å². The lowest BCUT2D eigenvalue weighted by atomic mass is 10.1. The van der Waals surface area contributed by atoms with Crippen LogP contribution in [0.1, 0.15) is 24.0 Å². The Hall–Kier alpha value is -2.04. The molecular weight excluding hydrogens is 312 g/mol. The minimum Gasteiger partial charge on any atom is -0.489 e. The Labute approximate surface area is 143 Å². The molecule has 0 atom stereocenters. The summed E-state index contributed by atoms with van der Waals surface area (Å²) in [4.78, 5) is 11.7. The molecule has 0 aliphatic rings. The molecule has 2 rings (SSSR count). The molecule has 1 amide bonds. The first-order valence-corrected chi connectivity index (χ1v) is 7.46. The zero-order valence-electron chi connectivity index (χ0n) is 13.2. The maximum absolute atomic E-state index is 11.7. The summed E-state index contributed by atoms with van der Waals surface area (Å²) in [6, 6.07) is 15.6. The number of aryl methyl sites for hydroxylation is 1. The topological polar surface area (TPSA) is 64.3 Å². The van der Waals surface area contributed by atoms with E-state index in [1.165, 1.54) is 5.56 Å². The first-order chi connectivity index (χ1) is 10.7. The zero-order chi connectivity index (χ0) is 15.8. The summed E-state index contributed by atoms with van der Waals surface area (Å²) in [6.07, 6.45) is 1.13. The van der Waals surface area contributed by atoms with Gasteiger partial charge in [0, 0.05) is 18.2 Å². The molecule has 0 spiro atoms. The van der Waals surface area contributed by atoms with Gasteiger partial charge in [0.25, 0.3) is 0 Å². The molecule has 0 radical (unpaired) electrons. The lowest BCUT2D eigenvalue weighted by Gasteiger charge is -2.10. The monoisotopic (exact) mass is 334 g/mol. The summed E-state index contributed by atoms with van der Waals surface area (Å²) >= 11 is 0. The van der Waals surface area contributed by atoms with Crippen molar-refractivity contribution in [3.8, 4) is 5.75 Å². The molecule has 4 nitrogen and oxygen atoms in total. The molecule has 5 heteroatoms. The van der Waals surface area contributed by atoms with E-state index in [4.69, 9.17) is 10.5 Å². The van der Waals surface area contributed by atoms with E-state index in [-0.39, 0.29) is 18.3 Å². The van der Waals surface area contributed by atoms with E-state index >= 15 is 0 Å². The zero-order valence-corrected chi connectivity index (χ0v) is 14.1. The van der Waals surface area contributed by atoms with Gasteiger partial charge in [0.2, 0.25) is 5.91 Å². The van der Waals surface area contributed by atoms with Crippen LogP contribution in [-0.2, 0) is 11.4 Å². The molecule has 0 fully saturated rings. The maximum Gasteiger partial charge on any atom is 0.224 e. The fourth-order valence-corrected chi connectivity index (χ4v) is 2.08. The highest BCUT2D eigenvalue weighted by molar-refractivity contribution is 5.90. The van der Waals surface area contributed by atoms with E-state index in [9.17, 15) is 4.79 Å². The highest BCUT2D eigenvalue weighted by Gasteiger charge is 2.04. The van der Waals surface area contributed by atoms with Crippen molar-refractivity contribution in [1.82, 2.24) is 0 Å². The molecule has 124 valence electrons. The van der Waals surface area contributed by atoms with Gasteiger partial charge in [-0.15, -0.1) is 12.4 Å². The van der Waals surface area contributed by atoms with E-state index in [1.807, 2.05) is 42.5 Å². The van der Waals surface area contributed by atoms with E-state index < -0.39 is 0 Å². The van der Waals surface area contributed by atoms with Gasteiger partial charge in [-0.3, -0.25) is 4.79 Å². The lowest BCUT2D eigenvalue weighted by Crippen LogP contribution is -2.13. The van der Waals surface area contributed by atoms with Gasteiger partial charge in [-0.1, -0.05) is 30.3 Å². The molecule has 0 aromatic heterocycles. The number of halogens is 1. The van der Waals surface area contributed by atoms with Gasteiger partial charge in [-0.2, -0.15) is 0 Å². The third-order valence-electron chi connectivity index (χ3n) is 3.38. The molecule has 0 saturated heterocycles. The van der Waals surface area contributed by atoms with Crippen LogP contribution in [0.25, 0.3) is 0 Å². The summed E-state index contributed by atoms with van der Waals surface area (Å²) < 4.78 is 5.80. The molecule has 23 heavy (non-hydrogen) atoms. The van der Waals surface area contributed by atoms with Crippen molar-refractivity contribution in [2.75, 3.05) is 11.9 Å². The predicted molar refractivity (Wildman–Crippen MR) is 96.1 cm³/mol. The summed E-state index contributed by atoms with van der Waals surface area (Å²) in [6.45, 7) is 3.09. The standard InChI is InChI=1S/C18H22N2O2.ClH/c1-14-6-2-3-7-15(14)13-22-17-9-4-8-16(12-17)20-18(21)10-5-11-19;/h2-4,6-9,12H,5,10-11,13,19H2,1H3,(H,20,21);1H. The molecular formula is C18H23ClN2O2. The summed E-state index contributed by atoms with van der Waals surface area (Å²) in [5.41, 5.74) is 8.50. The van der Waals surface area contributed by atoms with Gasteiger partial charge in [0.1, 0.15) is 12.4 Å². The van der Waals surface area contributed by atoms with Crippen molar-refractivity contribution >= 4 is 24.0 Å². The Kier molecular flexibility index (Phi) is 8.16. The molecule has 2 aromatic carbocycles. The van der Waals surface area contributed by atoms with Crippen molar-refractivity contribution < 1.29 is 9.53 Å². The number of hydrogen-bond acceptors (Lipinski definition) is 3. The second-order valence-electron chi connectivity index (χ2n) is 5.18. The molecule has 0 aliphatic heterocycles. The van der Waals surface area contributed by atoms with Gasteiger partial charge < -0.3 is 15.8 Å². The molecule has 3 N–H and O–H groups in total. The van der Waals surface area contributed by atoms with Gasteiger partial charge >= 0.3 is 0 Å². The quantitative estimate of drug-likeness (QED) is 0.812. The number of amides is 1. The SMILES string of the molecule is Cc1ccccc1COc1cccc(NC(=O)CCCN)c1.Cl. The number of hydrogen-bond donors (Lipinski definition) is 2. The number of rotatable bonds is 7. The fraction of sp³-hybridized carbons (Fsp3) is 0.278. The highest BCUT2D eigenvalue weighted by atomic mass is 35.5. The number of carbonyl (C=O) groups excluding carboxylic acids is 1. The molecule has 2 aromatic rings. The third-order valence-corrected chi connectivity index (χ3v) is 3.38. The van der Waals surface area contributed by atoms with E-state index in [2.05, 4.69) is 18.3 Å². The Balaban J connectivity index is 0.00000264. The Morgan fingerprint density at radius 3 is 2.70 bits per heavy atom. The molecule has 0 bridgehead atoms. The number of ether oxygens (including phenoxy) is 1. The van der Waals surface area contributed by atoms with Crippen LogP contribution in [0, 0.1) is 6.92 Å². The smallest absolute Gasteiger partial charge is 0.224 e. The second-order valence-corrected chi connectivity index (χ2v) is 5.18. The average molecular weight is 335 g/mol. The summed E-state index contributed by atoms with van der Waals surface area (Å²) in [5.74, 6) is 0.710. The number of benzene rings is 2. The van der Waals surface area contributed by atoms with Crippen LogP contribution in [0.2, 0.25) is 0 Å². The minimum atomic E-state index is -0.0264. The van der Waals surface area contributed by atoms with Crippen LogP contribution in [-0.4, -0.2) is 12.5 Å². The Morgan fingerprint density at radius 2 is 1.96 bits per heavy atom. The number of anilines is 1. The van der Waals surface area contributed by atoms with Gasteiger partial charge in [0.05, 0.1) is 0 Å². The van der Waals surface area contributed by atoms with Crippen molar-refractivity contribution in [3.05, 3.63) is 59.7 Å². The van der Waals surface area contributed by atoms with Crippen molar-refractivity contribution in [3.63, 3.8) is 0 Å². The number of nitrogens with two attached hydrogens (primary N) is 1. The van der Waals surface area contributed by atoms with Crippen molar-refractivity contribution in [2.24, 2.45) is 5.73 Å². The predicted octanol–water partition coefficient (Wildman–Crippen LogP) is 3.67. The summed E-state index contributed by atoms with van der Waals surface area (Å²) in [5, 5.41) is 2.85. The van der Waals surface area contributed by atoms with Crippen LogP contribution in [0.3, 0.4) is 0 Å². The van der Waals surface area contributed by atoms with E-state index in [0.29, 0.717) is 26.0 Å². The largest absolute Gasteiger partial charge is 0.489 e. The van der Waals surface area contributed by atoms with Crippen LogP contribution in [0.4, 0.5) is 5.69 Å². The Morgan fingerprint density at radius 1 is 1.17 bits per heavy atom. The lowest BCUT2D eigenvalue weighted by molar-refractivity contribution is -0.116. The molecule has 0 aliphatic carbocycles. The first kappa shape index (κ1) is 19.0. The van der Waals surface area contributed by atoms with E-state index in [1.54, 1.807) is 0 Å². The molecule has 0 heterocycles. The van der Waals surface area contributed by atoms with Crippen molar-refractivity contribution in [2.45, 2.75) is 26.4 Å². The normalized spacial score (nSPS) is 9.83. The van der Waals surface area contributed by atoms with Gasteiger partial charge in [0.15, 0.2) is 0 Å².